The normalized spacial score (nSPS) is 20.1. The van der Waals surface area contributed by atoms with Gasteiger partial charge in [-0.2, -0.15) is 0 Å². The van der Waals surface area contributed by atoms with Crippen LogP contribution in [0.3, 0.4) is 0 Å². The summed E-state index contributed by atoms with van der Waals surface area (Å²) in [5.74, 6) is -0.0595. The number of ether oxygens (including phenoxy) is 2. The molecule has 130 valence electrons. The first kappa shape index (κ1) is 19.4. The van der Waals surface area contributed by atoms with Crippen molar-refractivity contribution < 1.29 is 19.4 Å². The summed E-state index contributed by atoms with van der Waals surface area (Å²) in [6, 6.07) is 0. The van der Waals surface area contributed by atoms with Crippen molar-refractivity contribution in [2.45, 2.75) is 96.2 Å². The summed E-state index contributed by atoms with van der Waals surface area (Å²) >= 11 is 0. The molecule has 1 aliphatic heterocycles. The Kier molecular flexibility index (Phi) is 11.4. The smallest absolute Gasteiger partial charge is 0.305 e. The van der Waals surface area contributed by atoms with E-state index in [0.29, 0.717) is 31.8 Å². The van der Waals surface area contributed by atoms with E-state index in [1.807, 2.05) is 6.92 Å². The van der Waals surface area contributed by atoms with E-state index in [0.717, 1.165) is 25.7 Å². The Bertz CT molecular complexity index is 280. The first-order valence-electron chi connectivity index (χ1n) is 9.20. The first-order chi connectivity index (χ1) is 10.8. The van der Waals surface area contributed by atoms with Crippen molar-refractivity contribution in [2.75, 3.05) is 13.2 Å². The Morgan fingerprint density at radius 3 is 2.05 bits per heavy atom. The third kappa shape index (κ3) is 10.2. The minimum Gasteiger partial charge on any atom is -0.466 e. The summed E-state index contributed by atoms with van der Waals surface area (Å²) in [6.07, 6.45) is 14.3. The molecule has 2 atom stereocenters. The number of unbranched alkanes of at least 4 members (excludes halogenated alkanes) is 7. The quantitative estimate of drug-likeness (QED) is 0.282. The van der Waals surface area contributed by atoms with Crippen LogP contribution in [0.25, 0.3) is 0 Å². The van der Waals surface area contributed by atoms with Crippen molar-refractivity contribution in [1.29, 1.82) is 0 Å². The summed E-state index contributed by atoms with van der Waals surface area (Å²) in [5.41, 5.74) is 0. The van der Waals surface area contributed by atoms with E-state index in [9.17, 15) is 4.79 Å². The monoisotopic (exact) mass is 314 g/mol. The van der Waals surface area contributed by atoms with Gasteiger partial charge in [-0.3, -0.25) is 4.79 Å². The second-order valence-electron chi connectivity index (χ2n) is 6.25. The molecule has 1 heterocycles. The molecule has 0 aromatic heterocycles. The summed E-state index contributed by atoms with van der Waals surface area (Å²) in [4.78, 5) is 11.2. The maximum atomic E-state index is 11.2. The molecule has 1 rings (SSSR count). The average Bonchev–Trinajstić information content (AvgIpc) is 3.25. The molecule has 22 heavy (non-hydrogen) atoms. The molecule has 4 heteroatoms. The second kappa shape index (κ2) is 12.9. The van der Waals surface area contributed by atoms with Crippen molar-refractivity contribution in [1.82, 2.24) is 0 Å². The van der Waals surface area contributed by atoms with Crippen LogP contribution in [0.2, 0.25) is 0 Å². The molecule has 0 amide bonds. The minimum atomic E-state index is -0.0595. The highest BCUT2D eigenvalue weighted by Crippen LogP contribution is 2.31. The third-order valence-electron chi connectivity index (χ3n) is 4.26. The molecule has 0 aromatic rings. The van der Waals surface area contributed by atoms with Crippen LogP contribution in [-0.4, -0.2) is 36.5 Å². The largest absolute Gasteiger partial charge is 0.466 e. The Morgan fingerprint density at radius 1 is 0.909 bits per heavy atom. The lowest BCUT2D eigenvalue weighted by Gasteiger charge is -2.02. The highest BCUT2D eigenvalue weighted by atomic mass is 16.6. The molecule has 1 aliphatic rings. The van der Waals surface area contributed by atoms with Gasteiger partial charge in [0, 0.05) is 13.0 Å². The Balaban J connectivity index is 1.78. The lowest BCUT2D eigenvalue weighted by molar-refractivity contribution is -0.143. The number of hydrogen-bond acceptors (Lipinski definition) is 4. The van der Waals surface area contributed by atoms with Crippen LogP contribution >= 0.6 is 0 Å². The number of aliphatic hydroxyl groups excluding tert-OH is 1. The zero-order chi connectivity index (χ0) is 16.0. The fourth-order valence-electron chi connectivity index (χ4n) is 2.88. The van der Waals surface area contributed by atoms with Gasteiger partial charge in [-0.05, 0) is 32.6 Å². The number of carbonyl (C=O) groups excluding carboxylic acids is 1. The molecular weight excluding hydrogens is 280 g/mol. The number of hydrogen-bond donors (Lipinski definition) is 1. The lowest BCUT2D eigenvalue weighted by Crippen LogP contribution is -2.03. The Morgan fingerprint density at radius 2 is 1.45 bits per heavy atom. The summed E-state index contributed by atoms with van der Waals surface area (Å²) < 4.78 is 10.6. The molecule has 1 fully saturated rings. The Hall–Kier alpha value is -0.610. The highest BCUT2D eigenvalue weighted by Gasteiger charge is 2.36. The number of epoxide rings is 1. The molecule has 1 N–H and O–H groups in total. The molecule has 4 nitrogen and oxygen atoms in total. The van der Waals surface area contributed by atoms with E-state index < -0.39 is 0 Å². The van der Waals surface area contributed by atoms with E-state index in [-0.39, 0.29) is 5.97 Å². The van der Waals surface area contributed by atoms with Crippen LogP contribution < -0.4 is 0 Å². The van der Waals surface area contributed by atoms with E-state index in [1.54, 1.807) is 0 Å². The van der Waals surface area contributed by atoms with Gasteiger partial charge < -0.3 is 14.6 Å². The number of carbonyl (C=O) groups is 1. The Labute approximate surface area is 135 Å². The number of rotatable bonds is 15. The van der Waals surface area contributed by atoms with Gasteiger partial charge in [-0.15, -0.1) is 0 Å². The molecule has 2 unspecified atom stereocenters. The van der Waals surface area contributed by atoms with Crippen molar-refractivity contribution in [3.63, 3.8) is 0 Å². The first-order valence-corrected chi connectivity index (χ1v) is 9.20. The van der Waals surface area contributed by atoms with Crippen molar-refractivity contribution in [2.24, 2.45) is 0 Å². The average molecular weight is 314 g/mol. The van der Waals surface area contributed by atoms with Gasteiger partial charge in [0.15, 0.2) is 0 Å². The van der Waals surface area contributed by atoms with E-state index in [2.05, 4.69) is 0 Å². The summed E-state index contributed by atoms with van der Waals surface area (Å²) in [5, 5.41) is 8.71. The molecule has 0 aliphatic carbocycles. The highest BCUT2D eigenvalue weighted by molar-refractivity contribution is 5.69. The van der Waals surface area contributed by atoms with Crippen molar-refractivity contribution in [3.8, 4) is 0 Å². The van der Waals surface area contributed by atoms with Crippen LogP contribution in [0.1, 0.15) is 84.0 Å². The predicted octanol–water partition coefficient (Wildman–Crippen LogP) is 3.99. The molecule has 0 bridgehead atoms. The van der Waals surface area contributed by atoms with E-state index in [1.165, 1.54) is 44.9 Å². The van der Waals surface area contributed by atoms with Gasteiger partial charge in [-0.1, -0.05) is 44.9 Å². The lowest BCUT2D eigenvalue weighted by atomic mass is 10.0. The molecule has 1 saturated heterocycles. The van der Waals surface area contributed by atoms with Gasteiger partial charge in [0.1, 0.15) is 0 Å². The SMILES string of the molecule is CCOC(=O)CCCCCCCC1OC1CCCCCCO. The third-order valence-corrected chi connectivity index (χ3v) is 4.26. The van der Waals surface area contributed by atoms with E-state index >= 15 is 0 Å². The van der Waals surface area contributed by atoms with Gasteiger partial charge in [0.05, 0.1) is 18.8 Å². The predicted molar refractivity (Wildman–Crippen MR) is 87.8 cm³/mol. The van der Waals surface area contributed by atoms with Crippen LogP contribution in [0, 0.1) is 0 Å². The van der Waals surface area contributed by atoms with Crippen LogP contribution in [0.5, 0.6) is 0 Å². The summed E-state index contributed by atoms with van der Waals surface area (Å²) in [6.45, 7) is 2.66. The second-order valence-corrected chi connectivity index (χ2v) is 6.25. The number of aliphatic hydroxyl groups is 1. The molecular formula is C18H34O4. The fraction of sp³-hybridized carbons (Fsp3) is 0.944. The van der Waals surface area contributed by atoms with Crippen LogP contribution in [0.15, 0.2) is 0 Å². The fourth-order valence-corrected chi connectivity index (χ4v) is 2.88. The van der Waals surface area contributed by atoms with Gasteiger partial charge >= 0.3 is 5.97 Å². The minimum absolute atomic E-state index is 0.0595. The summed E-state index contributed by atoms with van der Waals surface area (Å²) in [7, 11) is 0. The maximum Gasteiger partial charge on any atom is 0.305 e. The van der Waals surface area contributed by atoms with Crippen LogP contribution in [0.4, 0.5) is 0 Å². The zero-order valence-corrected chi connectivity index (χ0v) is 14.2. The maximum absolute atomic E-state index is 11.2. The topological polar surface area (TPSA) is 59.1 Å². The molecule has 0 spiro atoms. The van der Waals surface area contributed by atoms with Crippen molar-refractivity contribution in [3.05, 3.63) is 0 Å². The van der Waals surface area contributed by atoms with Gasteiger partial charge in [-0.25, -0.2) is 0 Å². The molecule has 0 saturated carbocycles. The van der Waals surface area contributed by atoms with Gasteiger partial charge in [0.25, 0.3) is 0 Å². The zero-order valence-electron chi connectivity index (χ0n) is 14.2. The standard InChI is InChI=1S/C18H34O4/c1-2-21-18(20)14-10-5-3-4-8-12-16-17(22-16)13-9-6-7-11-15-19/h16-17,19H,2-15H2,1H3. The van der Waals surface area contributed by atoms with Gasteiger partial charge in [0.2, 0.25) is 0 Å². The number of esters is 1. The van der Waals surface area contributed by atoms with Crippen LogP contribution in [-0.2, 0) is 14.3 Å². The van der Waals surface area contributed by atoms with E-state index in [4.69, 9.17) is 14.6 Å². The molecule has 0 radical (unpaired) electrons. The van der Waals surface area contributed by atoms with Crippen molar-refractivity contribution >= 4 is 5.97 Å². The molecule has 0 aromatic carbocycles.